The van der Waals surface area contributed by atoms with E-state index in [0.29, 0.717) is 10.7 Å². The molecule has 0 saturated heterocycles. The van der Waals surface area contributed by atoms with Crippen LogP contribution in [-0.2, 0) is 11.2 Å². The first-order valence-corrected chi connectivity index (χ1v) is 7.41. The van der Waals surface area contributed by atoms with Crippen LogP contribution in [0.2, 0.25) is 0 Å². The summed E-state index contributed by atoms with van der Waals surface area (Å²) in [6, 6.07) is 14.7. The van der Waals surface area contributed by atoms with E-state index in [1.54, 1.807) is 24.3 Å². The van der Waals surface area contributed by atoms with Crippen LogP contribution in [0.5, 0.6) is 5.75 Å². The van der Waals surface area contributed by atoms with Crippen molar-refractivity contribution in [3.8, 4) is 5.75 Å². The number of carbonyl (C=O) groups is 1. The zero-order chi connectivity index (χ0) is 15.9. The first-order valence-electron chi connectivity index (χ1n) is 7.00. The van der Waals surface area contributed by atoms with E-state index < -0.39 is 0 Å². The fourth-order valence-electron chi connectivity index (χ4n) is 1.99. The van der Waals surface area contributed by atoms with Crippen molar-refractivity contribution in [2.45, 2.75) is 13.3 Å². The van der Waals surface area contributed by atoms with Crippen molar-refractivity contribution in [1.82, 2.24) is 0 Å². The molecular weight excluding hydrogens is 296 g/mol. The molecule has 0 aromatic heterocycles. The molecule has 0 unspecified atom stereocenters. The molecule has 0 aliphatic rings. The predicted molar refractivity (Wildman–Crippen MR) is 92.3 cm³/mol. The molecule has 3 N–H and O–H groups in total. The standard InChI is InChI=1S/C17H18N2O2S/c1-2-12-5-3-4-6-15(12)21-11-16(20)19-14-9-7-13(8-10-14)17(18)22/h3-10H,2,11H2,1H3,(H2,18,22)(H,19,20). The summed E-state index contributed by atoms with van der Waals surface area (Å²) in [5.41, 5.74) is 8.05. The minimum atomic E-state index is -0.214. The number of thiocarbonyl (C=S) groups is 1. The number of anilines is 1. The molecule has 1 amide bonds. The predicted octanol–water partition coefficient (Wildman–Crippen LogP) is 2.90. The molecule has 0 aliphatic heterocycles. The van der Waals surface area contributed by atoms with Gasteiger partial charge in [-0.1, -0.05) is 37.3 Å². The minimum absolute atomic E-state index is 0.0337. The van der Waals surface area contributed by atoms with Gasteiger partial charge in [0.25, 0.3) is 5.91 Å². The van der Waals surface area contributed by atoms with Gasteiger partial charge in [0.15, 0.2) is 6.61 Å². The number of amides is 1. The number of para-hydroxylation sites is 1. The molecule has 2 aromatic carbocycles. The molecule has 0 fully saturated rings. The molecule has 114 valence electrons. The smallest absolute Gasteiger partial charge is 0.262 e. The van der Waals surface area contributed by atoms with E-state index in [0.717, 1.165) is 23.3 Å². The van der Waals surface area contributed by atoms with Crippen molar-refractivity contribution >= 4 is 28.8 Å². The van der Waals surface area contributed by atoms with Crippen molar-refractivity contribution in [2.75, 3.05) is 11.9 Å². The number of nitrogens with one attached hydrogen (secondary N) is 1. The van der Waals surface area contributed by atoms with Crippen LogP contribution in [-0.4, -0.2) is 17.5 Å². The zero-order valence-electron chi connectivity index (χ0n) is 12.3. The molecule has 0 radical (unpaired) electrons. The van der Waals surface area contributed by atoms with E-state index >= 15 is 0 Å². The summed E-state index contributed by atoms with van der Waals surface area (Å²) in [5.74, 6) is 0.526. The average Bonchev–Trinajstić information content (AvgIpc) is 2.53. The fraction of sp³-hybridized carbons (Fsp3) is 0.176. The summed E-state index contributed by atoms with van der Waals surface area (Å²) in [6.45, 7) is 2.01. The van der Waals surface area contributed by atoms with Gasteiger partial charge >= 0.3 is 0 Å². The molecule has 2 aromatic rings. The van der Waals surface area contributed by atoms with Gasteiger partial charge in [0.05, 0.1) is 0 Å². The number of rotatable bonds is 6. The Balaban J connectivity index is 1.91. The lowest BCUT2D eigenvalue weighted by Crippen LogP contribution is -2.20. The SMILES string of the molecule is CCc1ccccc1OCC(=O)Nc1ccc(C(N)=S)cc1. The van der Waals surface area contributed by atoms with Crippen molar-refractivity contribution in [3.05, 3.63) is 59.7 Å². The number of ether oxygens (including phenoxy) is 1. The Morgan fingerprint density at radius 2 is 1.86 bits per heavy atom. The average molecular weight is 314 g/mol. The Kier molecular flexibility index (Phi) is 5.49. The lowest BCUT2D eigenvalue weighted by Gasteiger charge is -2.10. The van der Waals surface area contributed by atoms with Crippen LogP contribution in [0.1, 0.15) is 18.1 Å². The summed E-state index contributed by atoms with van der Waals surface area (Å²) < 4.78 is 5.57. The second-order valence-electron chi connectivity index (χ2n) is 4.74. The van der Waals surface area contributed by atoms with Crippen LogP contribution in [0.3, 0.4) is 0 Å². The molecule has 4 nitrogen and oxygen atoms in total. The second-order valence-corrected chi connectivity index (χ2v) is 5.18. The van der Waals surface area contributed by atoms with Gasteiger partial charge in [-0.05, 0) is 42.3 Å². The lowest BCUT2D eigenvalue weighted by atomic mass is 10.1. The largest absolute Gasteiger partial charge is 0.483 e. The third-order valence-electron chi connectivity index (χ3n) is 3.17. The molecule has 0 heterocycles. The van der Waals surface area contributed by atoms with Crippen molar-refractivity contribution in [1.29, 1.82) is 0 Å². The van der Waals surface area contributed by atoms with E-state index in [-0.39, 0.29) is 12.5 Å². The van der Waals surface area contributed by atoms with E-state index in [1.807, 2.05) is 31.2 Å². The van der Waals surface area contributed by atoms with Crippen LogP contribution >= 0.6 is 12.2 Å². The van der Waals surface area contributed by atoms with Gasteiger partial charge in [0.2, 0.25) is 0 Å². The molecule has 0 saturated carbocycles. The molecule has 0 aliphatic carbocycles. The van der Waals surface area contributed by atoms with Crippen molar-refractivity contribution in [2.24, 2.45) is 5.73 Å². The van der Waals surface area contributed by atoms with E-state index in [4.69, 9.17) is 22.7 Å². The highest BCUT2D eigenvalue weighted by Crippen LogP contribution is 2.18. The van der Waals surface area contributed by atoms with E-state index in [9.17, 15) is 4.79 Å². The quantitative estimate of drug-likeness (QED) is 0.805. The molecule has 0 spiro atoms. The molecule has 22 heavy (non-hydrogen) atoms. The third kappa shape index (κ3) is 4.30. The molecule has 0 atom stereocenters. The summed E-state index contributed by atoms with van der Waals surface area (Å²) in [4.78, 5) is 12.2. The van der Waals surface area contributed by atoms with E-state index in [1.165, 1.54) is 0 Å². The topological polar surface area (TPSA) is 64.3 Å². The maximum Gasteiger partial charge on any atom is 0.262 e. The maximum absolute atomic E-state index is 11.9. The first-order chi connectivity index (χ1) is 10.6. The van der Waals surface area contributed by atoms with Gasteiger partial charge in [0, 0.05) is 11.3 Å². The van der Waals surface area contributed by atoms with Crippen LogP contribution in [0.15, 0.2) is 48.5 Å². The highest BCUT2D eigenvalue weighted by molar-refractivity contribution is 7.80. The number of hydrogen-bond donors (Lipinski definition) is 2. The number of hydrogen-bond acceptors (Lipinski definition) is 3. The van der Waals surface area contributed by atoms with E-state index in [2.05, 4.69) is 5.32 Å². The first kappa shape index (κ1) is 16.0. The summed E-state index contributed by atoms with van der Waals surface area (Å²) in [7, 11) is 0. The second kappa shape index (κ2) is 7.56. The lowest BCUT2D eigenvalue weighted by molar-refractivity contribution is -0.118. The molecule has 2 rings (SSSR count). The Morgan fingerprint density at radius 3 is 2.50 bits per heavy atom. The normalized spacial score (nSPS) is 10.0. The van der Waals surface area contributed by atoms with Gasteiger partial charge in [-0.25, -0.2) is 0 Å². The van der Waals surface area contributed by atoms with Crippen molar-refractivity contribution in [3.63, 3.8) is 0 Å². The highest BCUT2D eigenvalue weighted by Gasteiger charge is 2.06. The molecule has 0 bridgehead atoms. The van der Waals surface area contributed by atoms with Crippen LogP contribution in [0.25, 0.3) is 0 Å². The van der Waals surface area contributed by atoms with Crippen molar-refractivity contribution < 1.29 is 9.53 Å². The summed E-state index contributed by atoms with van der Waals surface area (Å²) in [6.07, 6.45) is 0.859. The van der Waals surface area contributed by atoms with Gasteiger partial charge in [-0.15, -0.1) is 0 Å². The monoisotopic (exact) mass is 314 g/mol. The number of benzene rings is 2. The number of carbonyl (C=O) groups excluding carboxylic acids is 1. The Morgan fingerprint density at radius 1 is 1.18 bits per heavy atom. The number of aryl methyl sites for hydroxylation is 1. The minimum Gasteiger partial charge on any atom is -0.483 e. The fourth-order valence-corrected chi connectivity index (χ4v) is 2.13. The van der Waals surface area contributed by atoms with Crippen LogP contribution in [0.4, 0.5) is 5.69 Å². The Hall–Kier alpha value is -2.40. The molecule has 5 heteroatoms. The third-order valence-corrected chi connectivity index (χ3v) is 3.40. The zero-order valence-corrected chi connectivity index (χ0v) is 13.2. The summed E-state index contributed by atoms with van der Waals surface area (Å²) >= 11 is 4.88. The van der Waals surface area contributed by atoms with Gasteiger partial charge < -0.3 is 15.8 Å². The highest BCUT2D eigenvalue weighted by atomic mass is 32.1. The Labute approximate surface area is 135 Å². The maximum atomic E-state index is 11.9. The Bertz CT molecular complexity index is 669. The molecular formula is C17H18N2O2S. The van der Waals surface area contributed by atoms with Crippen LogP contribution < -0.4 is 15.8 Å². The van der Waals surface area contributed by atoms with Gasteiger partial charge in [-0.3, -0.25) is 4.79 Å². The summed E-state index contributed by atoms with van der Waals surface area (Å²) in [5, 5.41) is 2.77. The van der Waals surface area contributed by atoms with Gasteiger partial charge in [0.1, 0.15) is 10.7 Å². The van der Waals surface area contributed by atoms with Gasteiger partial charge in [-0.2, -0.15) is 0 Å². The number of nitrogens with two attached hydrogens (primary N) is 1. The van der Waals surface area contributed by atoms with Crippen LogP contribution in [0, 0.1) is 0 Å².